The predicted molar refractivity (Wildman–Crippen MR) is 114 cm³/mol. The quantitative estimate of drug-likeness (QED) is 0.311. The van der Waals surface area contributed by atoms with Crippen molar-refractivity contribution in [2.24, 2.45) is 10.9 Å². The van der Waals surface area contributed by atoms with E-state index < -0.39 is 0 Å². The van der Waals surface area contributed by atoms with E-state index in [1.54, 1.807) is 0 Å². The van der Waals surface area contributed by atoms with Gasteiger partial charge in [0.2, 0.25) is 0 Å². The molecule has 7 heteroatoms. The molecule has 136 valence electrons. The smallest absolute Gasteiger partial charge is 0.194 e. The van der Waals surface area contributed by atoms with E-state index in [2.05, 4.69) is 50.7 Å². The number of nitrogens with zero attached hydrogens (tertiary/aromatic N) is 3. The van der Waals surface area contributed by atoms with Crippen LogP contribution in [0.25, 0.3) is 0 Å². The summed E-state index contributed by atoms with van der Waals surface area (Å²) < 4.78 is 5.24. The molecule has 0 amide bonds. The van der Waals surface area contributed by atoms with Crippen LogP contribution in [0.1, 0.15) is 17.9 Å². The highest BCUT2D eigenvalue weighted by Crippen LogP contribution is 2.25. The number of benzene rings is 1. The van der Waals surface area contributed by atoms with Crippen molar-refractivity contribution < 1.29 is 4.52 Å². The Balaban J connectivity index is 0.00000225. The molecule has 1 aromatic carbocycles. The van der Waals surface area contributed by atoms with Crippen LogP contribution in [0.5, 0.6) is 0 Å². The van der Waals surface area contributed by atoms with Crippen LogP contribution >= 0.6 is 35.7 Å². The number of aliphatic imine (C=N–C) groups is 1. The van der Waals surface area contributed by atoms with Gasteiger partial charge in [-0.2, -0.15) is 0 Å². The van der Waals surface area contributed by atoms with Crippen LogP contribution in [0.3, 0.4) is 0 Å². The van der Waals surface area contributed by atoms with E-state index in [1.165, 1.54) is 11.3 Å². The monoisotopic (exact) mass is 472 g/mol. The molecule has 1 atom stereocenters. The standard InChI is InChI=1S/C18H24N4OS.HI/c1-14-10-16(23-21-14)11-20-18(19-2)22-9-8-15(12-22)13-24-17-6-4-3-5-7-17;/h3-7,10,15H,8-9,11-13H2,1-2H3,(H,19,20);1H. The first-order valence-electron chi connectivity index (χ1n) is 8.30. The van der Waals surface area contributed by atoms with E-state index in [0.29, 0.717) is 12.5 Å². The minimum Gasteiger partial charge on any atom is -0.359 e. The fourth-order valence-electron chi connectivity index (χ4n) is 2.89. The lowest BCUT2D eigenvalue weighted by Gasteiger charge is -2.21. The summed E-state index contributed by atoms with van der Waals surface area (Å²) in [7, 11) is 1.83. The van der Waals surface area contributed by atoms with Crippen molar-refractivity contribution in [3.8, 4) is 0 Å². The van der Waals surface area contributed by atoms with Crippen LogP contribution in [0, 0.1) is 12.8 Å². The second kappa shape index (κ2) is 10.1. The molecule has 0 radical (unpaired) electrons. The number of nitrogens with one attached hydrogen (secondary N) is 1. The summed E-state index contributed by atoms with van der Waals surface area (Å²) in [6, 6.07) is 12.6. The topological polar surface area (TPSA) is 53.7 Å². The molecular formula is C18H25IN4OS. The molecule has 1 aliphatic heterocycles. The summed E-state index contributed by atoms with van der Waals surface area (Å²) in [5, 5.41) is 7.28. The van der Waals surface area contributed by atoms with Crippen molar-refractivity contribution in [2.45, 2.75) is 24.8 Å². The van der Waals surface area contributed by atoms with E-state index in [-0.39, 0.29) is 24.0 Å². The molecule has 3 rings (SSSR count). The van der Waals surface area contributed by atoms with Crippen LogP contribution < -0.4 is 5.32 Å². The largest absolute Gasteiger partial charge is 0.359 e. The maximum atomic E-state index is 5.24. The van der Waals surface area contributed by atoms with E-state index in [9.17, 15) is 0 Å². The third-order valence-electron chi connectivity index (χ3n) is 4.12. The van der Waals surface area contributed by atoms with Gasteiger partial charge in [0.05, 0.1) is 12.2 Å². The predicted octanol–water partition coefficient (Wildman–Crippen LogP) is 3.79. The molecule has 1 aliphatic rings. The molecule has 5 nitrogen and oxygen atoms in total. The first-order valence-corrected chi connectivity index (χ1v) is 9.29. The van der Waals surface area contributed by atoms with Gasteiger partial charge in [-0.15, -0.1) is 35.7 Å². The normalized spacial score (nSPS) is 17.4. The molecule has 0 spiro atoms. The zero-order valence-corrected chi connectivity index (χ0v) is 17.8. The molecule has 2 heterocycles. The Morgan fingerprint density at radius 2 is 2.20 bits per heavy atom. The highest BCUT2D eigenvalue weighted by Gasteiger charge is 2.25. The third kappa shape index (κ3) is 5.91. The van der Waals surface area contributed by atoms with Crippen molar-refractivity contribution in [2.75, 3.05) is 25.9 Å². The van der Waals surface area contributed by atoms with Crippen LogP contribution in [-0.4, -0.2) is 41.9 Å². The summed E-state index contributed by atoms with van der Waals surface area (Å²) in [5.74, 6) is 3.63. The number of halogens is 1. The Morgan fingerprint density at radius 1 is 1.40 bits per heavy atom. The van der Waals surface area contributed by atoms with Gasteiger partial charge in [-0.05, 0) is 31.4 Å². The zero-order chi connectivity index (χ0) is 16.8. The number of rotatable bonds is 5. The van der Waals surface area contributed by atoms with E-state index >= 15 is 0 Å². The molecular weight excluding hydrogens is 447 g/mol. The van der Waals surface area contributed by atoms with Crippen molar-refractivity contribution >= 4 is 41.7 Å². The van der Waals surface area contributed by atoms with Gasteiger partial charge in [0.25, 0.3) is 0 Å². The minimum absolute atomic E-state index is 0. The van der Waals surface area contributed by atoms with E-state index in [1.807, 2.05) is 31.8 Å². The molecule has 25 heavy (non-hydrogen) atoms. The van der Waals surface area contributed by atoms with Crippen molar-refractivity contribution in [3.63, 3.8) is 0 Å². The Kier molecular flexibility index (Phi) is 8.08. The second-order valence-corrected chi connectivity index (χ2v) is 7.15. The maximum absolute atomic E-state index is 5.24. The van der Waals surface area contributed by atoms with E-state index in [0.717, 1.165) is 36.3 Å². The molecule has 1 unspecified atom stereocenters. The van der Waals surface area contributed by atoms with Crippen LogP contribution in [0.2, 0.25) is 0 Å². The van der Waals surface area contributed by atoms with Crippen molar-refractivity contribution in [1.82, 2.24) is 15.4 Å². The molecule has 0 aliphatic carbocycles. The lowest BCUT2D eigenvalue weighted by molar-refractivity contribution is 0.373. The SMILES string of the molecule is CN=C(NCc1cc(C)no1)N1CCC(CSc2ccccc2)C1.I. The lowest BCUT2D eigenvalue weighted by atomic mass is 10.2. The summed E-state index contributed by atoms with van der Waals surface area (Å²) in [4.78, 5) is 8.09. The minimum atomic E-state index is 0. The number of likely N-dealkylation sites (tertiary alicyclic amines) is 1. The summed E-state index contributed by atoms with van der Waals surface area (Å²) >= 11 is 1.94. The summed E-state index contributed by atoms with van der Waals surface area (Å²) in [6.45, 7) is 4.65. The van der Waals surface area contributed by atoms with Gasteiger partial charge >= 0.3 is 0 Å². The van der Waals surface area contributed by atoms with Crippen LogP contribution in [-0.2, 0) is 6.54 Å². The lowest BCUT2D eigenvalue weighted by Crippen LogP contribution is -2.39. The molecule has 0 saturated carbocycles. The Hall–Kier alpha value is -1.22. The number of thioether (sulfide) groups is 1. The molecule has 1 fully saturated rings. The molecule has 0 bridgehead atoms. The van der Waals surface area contributed by atoms with Gasteiger partial charge in [0.1, 0.15) is 0 Å². The molecule has 2 aromatic rings. The zero-order valence-electron chi connectivity index (χ0n) is 14.6. The average Bonchev–Trinajstić information content (AvgIpc) is 3.24. The highest BCUT2D eigenvalue weighted by atomic mass is 127. The van der Waals surface area contributed by atoms with Gasteiger partial charge in [0.15, 0.2) is 11.7 Å². The highest BCUT2D eigenvalue weighted by molar-refractivity contribution is 14.0. The number of hydrogen-bond donors (Lipinski definition) is 1. The number of aryl methyl sites for hydroxylation is 1. The first-order chi connectivity index (χ1) is 11.7. The van der Waals surface area contributed by atoms with Gasteiger partial charge < -0.3 is 14.7 Å². The Labute approximate surface area is 170 Å². The number of guanidine groups is 1. The molecule has 1 N–H and O–H groups in total. The van der Waals surface area contributed by atoms with Gasteiger partial charge in [-0.25, -0.2) is 0 Å². The molecule has 1 saturated heterocycles. The third-order valence-corrected chi connectivity index (χ3v) is 5.37. The number of hydrogen-bond acceptors (Lipinski definition) is 4. The van der Waals surface area contributed by atoms with Gasteiger partial charge in [0, 0.05) is 36.9 Å². The Morgan fingerprint density at radius 3 is 2.88 bits per heavy atom. The van der Waals surface area contributed by atoms with Crippen molar-refractivity contribution in [3.05, 3.63) is 47.9 Å². The fraction of sp³-hybridized carbons (Fsp3) is 0.444. The summed E-state index contributed by atoms with van der Waals surface area (Å²) in [5.41, 5.74) is 0.904. The van der Waals surface area contributed by atoms with E-state index in [4.69, 9.17) is 4.52 Å². The van der Waals surface area contributed by atoms with Gasteiger partial charge in [-0.3, -0.25) is 4.99 Å². The first kappa shape index (κ1) is 20.1. The number of aromatic nitrogens is 1. The second-order valence-electron chi connectivity index (χ2n) is 6.06. The van der Waals surface area contributed by atoms with Crippen molar-refractivity contribution in [1.29, 1.82) is 0 Å². The van der Waals surface area contributed by atoms with Crippen LogP contribution in [0.4, 0.5) is 0 Å². The Bertz CT molecular complexity index is 677. The van der Waals surface area contributed by atoms with Gasteiger partial charge in [-0.1, -0.05) is 23.4 Å². The van der Waals surface area contributed by atoms with Crippen LogP contribution in [0.15, 0.2) is 50.8 Å². The summed E-state index contributed by atoms with van der Waals surface area (Å²) in [6.07, 6.45) is 1.21. The maximum Gasteiger partial charge on any atom is 0.194 e. The molecule has 1 aromatic heterocycles. The average molecular weight is 472 g/mol. The fourth-order valence-corrected chi connectivity index (χ4v) is 3.94.